The molecule has 0 saturated heterocycles. The molecule has 0 radical (unpaired) electrons. The van der Waals surface area contributed by atoms with E-state index in [4.69, 9.17) is 11.6 Å². The summed E-state index contributed by atoms with van der Waals surface area (Å²) in [5, 5.41) is 4.37. The predicted molar refractivity (Wildman–Crippen MR) is 98.0 cm³/mol. The van der Waals surface area contributed by atoms with E-state index in [-0.39, 0.29) is 6.04 Å². The molecule has 0 saturated carbocycles. The monoisotopic (exact) mass is 429 g/mol. The van der Waals surface area contributed by atoms with Gasteiger partial charge in [0.2, 0.25) is 0 Å². The Morgan fingerprint density at radius 1 is 1.10 bits per heavy atom. The molecule has 4 heteroatoms. The largest absolute Gasteiger partial charge is 0.310 e. The lowest BCUT2D eigenvalue weighted by molar-refractivity contribution is 0.528. The Morgan fingerprint density at radius 2 is 1.86 bits per heavy atom. The van der Waals surface area contributed by atoms with Gasteiger partial charge in [-0.15, -0.1) is 0 Å². The average Bonchev–Trinajstić information content (AvgIpc) is 2.48. The number of benzene rings is 2. The molecule has 0 aliphatic rings. The van der Waals surface area contributed by atoms with Crippen LogP contribution in [0.4, 0.5) is 0 Å². The first kappa shape index (κ1) is 17.0. The van der Waals surface area contributed by atoms with Gasteiger partial charge in [-0.2, -0.15) is 0 Å². The van der Waals surface area contributed by atoms with Crippen molar-refractivity contribution in [3.05, 3.63) is 67.6 Å². The van der Waals surface area contributed by atoms with Crippen LogP contribution in [0.1, 0.15) is 30.5 Å². The highest BCUT2D eigenvalue weighted by atomic mass is 79.9. The molecule has 0 aliphatic heterocycles. The highest BCUT2D eigenvalue weighted by Crippen LogP contribution is 2.29. The van der Waals surface area contributed by atoms with Crippen molar-refractivity contribution >= 4 is 43.5 Å². The summed E-state index contributed by atoms with van der Waals surface area (Å²) in [5.41, 5.74) is 2.55. The minimum atomic E-state index is 0.275. The summed E-state index contributed by atoms with van der Waals surface area (Å²) >= 11 is 13.2. The smallest absolute Gasteiger partial charge is 0.0548 e. The standard InChI is InChI=1S/C17H18Br2ClN/c1-2-9-21-17(11-12-5-3-4-6-14(12)18)13-7-8-16(20)15(19)10-13/h3-8,10,17,21H,2,9,11H2,1H3. The molecule has 2 aromatic rings. The fourth-order valence-corrected chi connectivity index (χ4v) is 3.20. The van der Waals surface area contributed by atoms with Crippen LogP contribution in [-0.4, -0.2) is 6.54 Å². The maximum atomic E-state index is 6.10. The van der Waals surface area contributed by atoms with Crippen molar-refractivity contribution in [3.8, 4) is 0 Å². The highest BCUT2D eigenvalue weighted by molar-refractivity contribution is 9.10. The zero-order valence-corrected chi connectivity index (χ0v) is 15.8. The Morgan fingerprint density at radius 3 is 2.52 bits per heavy atom. The van der Waals surface area contributed by atoms with Gasteiger partial charge in [0.05, 0.1) is 5.02 Å². The summed E-state index contributed by atoms with van der Waals surface area (Å²) in [6.45, 7) is 3.18. The van der Waals surface area contributed by atoms with E-state index in [1.165, 1.54) is 11.1 Å². The van der Waals surface area contributed by atoms with Crippen LogP contribution in [0.15, 0.2) is 51.4 Å². The van der Waals surface area contributed by atoms with Gasteiger partial charge in [0, 0.05) is 15.0 Å². The number of rotatable bonds is 6. The Hall–Kier alpha value is -0.350. The Kier molecular flexibility index (Phi) is 6.74. The van der Waals surface area contributed by atoms with E-state index in [1.54, 1.807) is 0 Å². The molecule has 0 aliphatic carbocycles. The van der Waals surface area contributed by atoms with Gasteiger partial charge in [-0.1, -0.05) is 58.7 Å². The second kappa shape index (κ2) is 8.33. The molecule has 0 amide bonds. The molecule has 21 heavy (non-hydrogen) atoms. The molecule has 0 heterocycles. The van der Waals surface area contributed by atoms with Gasteiger partial charge in [-0.05, 0) is 64.6 Å². The van der Waals surface area contributed by atoms with Crippen LogP contribution >= 0.6 is 43.5 Å². The predicted octanol–water partition coefficient (Wildman–Crippen LogP) is 6.15. The van der Waals surface area contributed by atoms with Gasteiger partial charge in [-0.25, -0.2) is 0 Å². The summed E-state index contributed by atoms with van der Waals surface area (Å²) in [4.78, 5) is 0. The summed E-state index contributed by atoms with van der Waals surface area (Å²) in [5.74, 6) is 0. The molecule has 1 atom stereocenters. The van der Waals surface area contributed by atoms with Crippen LogP contribution in [0, 0.1) is 0 Å². The first-order valence-electron chi connectivity index (χ1n) is 7.03. The minimum absolute atomic E-state index is 0.275. The lowest BCUT2D eigenvalue weighted by Crippen LogP contribution is -2.24. The number of hydrogen-bond acceptors (Lipinski definition) is 1. The van der Waals surface area contributed by atoms with E-state index in [2.05, 4.69) is 74.4 Å². The Bertz CT molecular complexity index is 601. The molecule has 0 bridgehead atoms. The second-order valence-electron chi connectivity index (χ2n) is 4.98. The summed E-state index contributed by atoms with van der Waals surface area (Å²) in [6.07, 6.45) is 2.05. The zero-order chi connectivity index (χ0) is 15.2. The van der Waals surface area contributed by atoms with Crippen LogP contribution in [0.25, 0.3) is 0 Å². The third-order valence-corrected chi connectivity index (χ3v) is 5.36. The van der Waals surface area contributed by atoms with Gasteiger partial charge < -0.3 is 5.32 Å². The van der Waals surface area contributed by atoms with E-state index < -0.39 is 0 Å². The highest BCUT2D eigenvalue weighted by Gasteiger charge is 2.14. The first-order valence-corrected chi connectivity index (χ1v) is 9.00. The topological polar surface area (TPSA) is 12.0 Å². The van der Waals surface area contributed by atoms with Crippen LogP contribution in [0.2, 0.25) is 5.02 Å². The fraction of sp³-hybridized carbons (Fsp3) is 0.294. The Balaban J connectivity index is 2.25. The molecule has 0 aromatic heterocycles. The SMILES string of the molecule is CCCNC(Cc1ccccc1Br)c1ccc(Cl)c(Br)c1. The lowest BCUT2D eigenvalue weighted by atomic mass is 9.99. The lowest BCUT2D eigenvalue weighted by Gasteiger charge is -2.20. The average molecular weight is 432 g/mol. The van der Waals surface area contributed by atoms with Crippen molar-refractivity contribution in [1.82, 2.24) is 5.32 Å². The normalized spacial score (nSPS) is 12.4. The first-order chi connectivity index (χ1) is 10.1. The summed E-state index contributed by atoms with van der Waals surface area (Å²) in [7, 11) is 0. The van der Waals surface area contributed by atoms with E-state index in [1.807, 2.05) is 12.1 Å². The molecule has 0 fully saturated rings. The zero-order valence-electron chi connectivity index (χ0n) is 11.9. The van der Waals surface area contributed by atoms with E-state index in [9.17, 15) is 0 Å². The summed E-state index contributed by atoms with van der Waals surface area (Å²) < 4.78 is 2.10. The number of halogens is 3. The molecule has 0 spiro atoms. The van der Waals surface area contributed by atoms with Crippen LogP contribution in [0.3, 0.4) is 0 Å². The van der Waals surface area contributed by atoms with Crippen molar-refractivity contribution in [2.45, 2.75) is 25.8 Å². The number of nitrogens with one attached hydrogen (secondary N) is 1. The molecule has 2 rings (SSSR count). The van der Waals surface area contributed by atoms with Gasteiger partial charge >= 0.3 is 0 Å². The molecule has 1 nitrogen and oxygen atoms in total. The molecule has 1 N–H and O–H groups in total. The van der Waals surface area contributed by atoms with Gasteiger partial charge in [0.1, 0.15) is 0 Å². The molecular weight excluding hydrogens is 413 g/mol. The van der Waals surface area contributed by atoms with Gasteiger partial charge in [0.25, 0.3) is 0 Å². The quantitative estimate of drug-likeness (QED) is 0.579. The van der Waals surface area contributed by atoms with E-state index in [0.29, 0.717) is 0 Å². The second-order valence-corrected chi connectivity index (χ2v) is 7.09. The third-order valence-electron chi connectivity index (χ3n) is 3.37. The summed E-state index contributed by atoms with van der Waals surface area (Å²) in [6, 6.07) is 14.8. The van der Waals surface area contributed by atoms with Crippen molar-refractivity contribution in [1.29, 1.82) is 0 Å². The van der Waals surface area contributed by atoms with Crippen molar-refractivity contribution < 1.29 is 0 Å². The van der Waals surface area contributed by atoms with Crippen molar-refractivity contribution in [2.75, 3.05) is 6.54 Å². The fourth-order valence-electron chi connectivity index (χ4n) is 2.24. The maximum absolute atomic E-state index is 6.10. The van der Waals surface area contributed by atoms with Crippen LogP contribution < -0.4 is 5.32 Å². The molecular formula is C17H18Br2ClN. The Labute approximate surface area is 148 Å². The number of hydrogen-bond donors (Lipinski definition) is 1. The van der Waals surface area contributed by atoms with Crippen molar-refractivity contribution in [2.24, 2.45) is 0 Å². The third kappa shape index (κ3) is 4.82. The van der Waals surface area contributed by atoms with Crippen molar-refractivity contribution in [3.63, 3.8) is 0 Å². The van der Waals surface area contributed by atoms with E-state index in [0.717, 1.165) is 33.4 Å². The maximum Gasteiger partial charge on any atom is 0.0548 e. The molecule has 112 valence electrons. The van der Waals surface area contributed by atoms with Crippen LogP contribution in [0.5, 0.6) is 0 Å². The van der Waals surface area contributed by atoms with Gasteiger partial charge in [-0.3, -0.25) is 0 Å². The molecule has 1 unspecified atom stereocenters. The molecule has 2 aromatic carbocycles. The van der Waals surface area contributed by atoms with Crippen LogP contribution in [-0.2, 0) is 6.42 Å². The van der Waals surface area contributed by atoms with E-state index >= 15 is 0 Å². The minimum Gasteiger partial charge on any atom is -0.310 e. The van der Waals surface area contributed by atoms with Gasteiger partial charge in [0.15, 0.2) is 0 Å².